The largest absolute Gasteiger partial charge is 0.416 e. The van der Waals surface area contributed by atoms with Gasteiger partial charge in [0.05, 0.1) is 5.56 Å². The lowest BCUT2D eigenvalue weighted by molar-refractivity contribution is -0.137. The highest BCUT2D eigenvalue weighted by atomic mass is 19.4. The Morgan fingerprint density at radius 3 is 2.31 bits per heavy atom. The number of nitrogens with zero attached hydrogens (tertiary/aromatic N) is 3. The van der Waals surface area contributed by atoms with Gasteiger partial charge in [-0.2, -0.15) is 13.2 Å². The Hall–Kier alpha value is -2.01. The molecule has 0 saturated carbocycles. The Bertz CT molecular complexity index is 432. The third-order valence-corrected chi connectivity index (χ3v) is 1.79. The number of alkyl halides is 3. The number of benzene rings is 1. The molecule has 0 aliphatic carbocycles. The minimum atomic E-state index is -4.40. The fourth-order valence-electron chi connectivity index (χ4n) is 1.07. The summed E-state index contributed by atoms with van der Waals surface area (Å²) in [6, 6.07) is 4.10. The van der Waals surface area contributed by atoms with E-state index in [2.05, 4.69) is 10.0 Å². The summed E-state index contributed by atoms with van der Waals surface area (Å²) in [5.41, 5.74) is 7.54. The van der Waals surface area contributed by atoms with E-state index in [1.54, 1.807) is 0 Å². The van der Waals surface area contributed by atoms with Gasteiger partial charge in [0.15, 0.2) is 0 Å². The topological polar surface area (TPSA) is 65.8 Å². The molecule has 84 valence electrons. The van der Waals surface area contributed by atoms with Crippen molar-refractivity contribution < 1.29 is 18.0 Å². The average molecular weight is 229 g/mol. The molecular formula is C9H6F3N3O. The van der Waals surface area contributed by atoms with Crippen molar-refractivity contribution in [2.75, 3.05) is 0 Å². The molecule has 0 unspecified atom stereocenters. The van der Waals surface area contributed by atoms with E-state index in [-0.39, 0.29) is 6.42 Å². The molecule has 0 heterocycles. The smallest absolute Gasteiger partial charge is 0.292 e. The van der Waals surface area contributed by atoms with E-state index in [1.807, 2.05) is 0 Å². The van der Waals surface area contributed by atoms with E-state index in [9.17, 15) is 18.0 Å². The molecule has 0 aliphatic rings. The molecule has 0 radical (unpaired) electrons. The van der Waals surface area contributed by atoms with Crippen LogP contribution in [0.3, 0.4) is 0 Å². The van der Waals surface area contributed by atoms with Gasteiger partial charge >= 0.3 is 6.18 Å². The van der Waals surface area contributed by atoms with Crippen LogP contribution in [-0.2, 0) is 17.4 Å². The van der Waals surface area contributed by atoms with Crippen molar-refractivity contribution >= 4 is 5.91 Å². The third-order valence-electron chi connectivity index (χ3n) is 1.79. The van der Waals surface area contributed by atoms with Crippen LogP contribution in [0.5, 0.6) is 0 Å². The summed E-state index contributed by atoms with van der Waals surface area (Å²) in [5.74, 6) is -0.734. The zero-order valence-electron chi connectivity index (χ0n) is 7.90. The molecule has 1 aromatic carbocycles. The number of hydrogen-bond donors (Lipinski definition) is 0. The lowest BCUT2D eigenvalue weighted by atomic mass is 10.1. The molecule has 0 spiro atoms. The second-order valence-corrected chi connectivity index (χ2v) is 2.95. The summed E-state index contributed by atoms with van der Waals surface area (Å²) in [6.07, 6.45) is -4.60. The Morgan fingerprint density at radius 2 is 1.88 bits per heavy atom. The van der Waals surface area contributed by atoms with Gasteiger partial charge in [-0.1, -0.05) is 12.1 Å². The molecule has 0 fully saturated rings. The number of rotatable bonds is 2. The maximum Gasteiger partial charge on any atom is 0.416 e. The first-order chi connectivity index (χ1) is 7.43. The molecule has 16 heavy (non-hydrogen) atoms. The second-order valence-electron chi connectivity index (χ2n) is 2.95. The molecule has 0 saturated heterocycles. The summed E-state index contributed by atoms with van der Waals surface area (Å²) in [4.78, 5) is 13.1. The van der Waals surface area contributed by atoms with E-state index in [0.717, 1.165) is 12.1 Å². The quantitative estimate of drug-likeness (QED) is 0.436. The lowest BCUT2D eigenvalue weighted by Gasteiger charge is -2.06. The highest BCUT2D eigenvalue weighted by Gasteiger charge is 2.29. The minimum Gasteiger partial charge on any atom is -0.292 e. The fraction of sp³-hybridized carbons (Fsp3) is 0.222. The number of amides is 1. The van der Waals surface area contributed by atoms with Crippen LogP contribution in [0, 0.1) is 0 Å². The van der Waals surface area contributed by atoms with Gasteiger partial charge in [0, 0.05) is 11.3 Å². The van der Waals surface area contributed by atoms with Gasteiger partial charge in [0.25, 0.3) is 0 Å². The summed E-state index contributed by atoms with van der Waals surface area (Å²) in [7, 11) is 0. The van der Waals surface area contributed by atoms with E-state index < -0.39 is 17.6 Å². The zero-order valence-corrected chi connectivity index (χ0v) is 7.90. The first kappa shape index (κ1) is 12.1. The predicted octanol–water partition coefficient (Wildman–Crippen LogP) is 3.08. The minimum absolute atomic E-state index is 0.206. The number of hydrogen-bond acceptors (Lipinski definition) is 1. The van der Waals surface area contributed by atoms with Gasteiger partial charge in [0.1, 0.15) is 0 Å². The first-order valence-electron chi connectivity index (χ1n) is 4.17. The molecule has 0 aliphatic heterocycles. The van der Waals surface area contributed by atoms with Crippen LogP contribution >= 0.6 is 0 Å². The normalized spacial score (nSPS) is 10.7. The van der Waals surface area contributed by atoms with E-state index >= 15 is 0 Å². The summed E-state index contributed by atoms with van der Waals surface area (Å²) in [6.45, 7) is 0. The summed E-state index contributed by atoms with van der Waals surface area (Å²) >= 11 is 0. The SMILES string of the molecule is [N-]=[N+]=NC(=O)Cc1ccc(C(F)(F)F)cc1. The van der Waals surface area contributed by atoms with Crippen LogP contribution in [0.4, 0.5) is 13.2 Å². The van der Waals surface area contributed by atoms with Gasteiger partial charge in [-0.15, -0.1) is 0 Å². The van der Waals surface area contributed by atoms with Crippen molar-refractivity contribution in [2.45, 2.75) is 12.6 Å². The summed E-state index contributed by atoms with van der Waals surface area (Å²) in [5, 5.41) is 2.81. The number of azide groups is 1. The van der Waals surface area contributed by atoms with Crippen LogP contribution in [0.2, 0.25) is 0 Å². The van der Waals surface area contributed by atoms with Gasteiger partial charge in [0.2, 0.25) is 5.91 Å². The molecule has 0 bridgehead atoms. The Morgan fingerprint density at radius 1 is 1.31 bits per heavy atom. The molecule has 4 nitrogen and oxygen atoms in total. The molecule has 1 aromatic rings. The van der Waals surface area contributed by atoms with Crippen LogP contribution in [0.15, 0.2) is 29.4 Å². The van der Waals surface area contributed by atoms with Crippen molar-refractivity contribution in [1.82, 2.24) is 0 Å². The highest BCUT2D eigenvalue weighted by Crippen LogP contribution is 2.29. The standard InChI is InChI=1S/C9H6F3N3O/c10-9(11,12)7-3-1-6(2-4-7)5-8(16)14-15-13/h1-4H,5H2. The number of carbonyl (C=O) groups excluding carboxylic acids is 1. The van der Waals surface area contributed by atoms with Crippen LogP contribution in [0.1, 0.15) is 11.1 Å². The molecular weight excluding hydrogens is 223 g/mol. The first-order valence-corrected chi connectivity index (χ1v) is 4.17. The Balaban J connectivity index is 2.80. The lowest BCUT2D eigenvalue weighted by Crippen LogP contribution is -2.05. The number of carbonyl (C=O) groups is 1. The molecule has 7 heteroatoms. The maximum atomic E-state index is 12.2. The zero-order chi connectivity index (χ0) is 12.2. The predicted molar refractivity (Wildman–Crippen MR) is 49.3 cm³/mol. The monoisotopic (exact) mass is 229 g/mol. The molecule has 0 N–H and O–H groups in total. The molecule has 1 amide bonds. The van der Waals surface area contributed by atoms with Crippen LogP contribution < -0.4 is 0 Å². The van der Waals surface area contributed by atoms with Gasteiger partial charge in [-0.3, -0.25) is 4.79 Å². The highest BCUT2D eigenvalue weighted by molar-refractivity contribution is 5.79. The van der Waals surface area contributed by atoms with Crippen molar-refractivity contribution in [1.29, 1.82) is 0 Å². The molecule has 0 atom stereocenters. The van der Waals surface area contributed by atoms with E-state index in [4.69, 9.17) is 5.53 Å². The van der Waals surface area contributed by atoms with Crippen molar-refractivity contribution in [3.8, 4) is 0 Å². The van der Waals surface area contributed by atoms with Gasteiger partial charge in [-0.25, -0.2) is 0 Å². The van der Waals surface area contributed by atoms with Crippen LogP contribution in [0.25, 0.3) is 10.4 Å². The van der Waals surface area contributed by atoms with Crippen molar-refractivity contribution in [3.63, 3.8) is 0 Å². The Kier molecular flexibility index (Phi) is 3.52. The van der Waals surface area contributed by atoms with Gasteiger partial charge in [-0.05, 0) is 28.3 Å². The van der Waals surface area contributed by atoms with E-state index in [0.29, 0.717) is 5.56 Å². The second kappa shape index (κ2) is 4.67. The molecule has 1 rings (SSSR count). The average Bonchev–Trinajstić information content (AvgIpc) is 2.17. The van der Waals surface area contributed by atoms with E-state index in [1.165, 1.54) is 12.1 Å². The molecule has 0 aromatic heterocycles. The van der Waals surface area contributed by atoms with Gasteiger partial charge < -0.3 is 0 Å². The van der Waals surface area contributed by atoms with Crippen molar-refractivity contribution in [3.05, 3.63) is 45.8 Å². The fourth-order valence-corrected chi connectivity index (χ4v) is 1.07. The number of halogens is 3. The van der Waals surface area contributed by atoms with Crippen molar-refractivity contribution in [2.24, 2.45) is 5.11 Å². The maximum absolute atomic E-state index is 12.2. The third kappa shape index (κ3) is 3.29. The Labute approximate surface area is 88.3 Å². The van der Waals surface area contributed by atoms with Crippen LogP contribution in [-0.4, -0.2) is 5.91 Å². The summed E-state index contributed by atoms with van der Waals surface area (Å²) < 4.78 is 36.5.